The predicted molar refractivity (Wildman–Crippen MR) is 358 cm³/mol. The van der Waals surface area contributed by atoms with Crippen molar-refractivity contribution in [2.75, 3.05) is 39.6 Å². The number of ether oxygens (including phenoxy) is 4. The number of esters is 4. The fourth-order valence-electron chi connectivity index (χ4n) is 10.1. The molecule has 0 saturated heterocycles. The quantitative estimate of drug-likeness (QED) is 0.0169. The summed E-state index contributed by atoms with van der Waals surface area (Å²) in [5.74, 6) is -0.650. The number of unbranched alkanes of at least 4 members (excludes halogenated alkanes) is 34. The lowest BCUT2D eigenvalue weighted by molar-refractivity contribution is -0.161. The highest BCUT2D eigenvalue weighted by molar-refractivity contribution is 7.47. The van der Waals surface area contributed by atoms with Crippen LogP contribution in [0.2, 0.25) is 0 Å². The number of carbonyl (C=O) groups is 4. The van der Waals surface area contributed by atoms with Crippen molar-refractivity contribution in [3.63, 3.8) is 0 Å². The molecule has 524 valence electrons. The highest BCUT2D eigenvalue weighted by Gasteiger charge is 2.30. The fraction of sp³-hybridized carbons (Fsp3) is 0.886. The minimum absolute atomic E-state index is 0.100. The molecule has 0 aromatic carbocycles. The van der Waals surface area contributed by atoms with Crippen LogP contribution in [0.3, 0.4) is 0 Å². The Hall–Kier alpha value is -2.46. The largest absolute Gasteiger partial charge is 0.472 e. The first kappa shape index (κ1) is 86.5. The van der Waals surface area contributed by atoms with Gasteiger partial charge >= 0.3 is 39.5 Å². The SMILES string of the molecule is CCCCCC/C=C\C=C/CCCCCCCC(=O)OC[C@H](COP(=O)(O)OC[C@@H](O)COP(=O)(O)OC[C@@H](COC(=O)CCCCCCC)OC(=O)CCCCCCCCCCC(C)C)OC(=O)CCCCCCCCCCCCCCCCCC(C)C. The lowest BCUT2D eigenvalue weighted by atomic mass is 10.0. The monoisotopic (exact) mass is 1310 g/mol. The van der Waals surface area contributed by atoms with Gasteiger partial charge in [0.2, 0.25) is 0 Å². The lowest BCUT2D eigenvalue weighted by Gasteiger charge is -2.21. The molecule has 19 heteroatoms. The van der Waals surface area contributed by atoms with Crippen LogP contribution in [-0.2, 0) is 65.4 Å². The van der Waals surface area contributed by atoms with Crippen molar-refractivity contribution in [3.05, 3.63) is 24.3 Å². The van der Waals surface area contributed by atoms with E-state index in [1.165, 1.54) is 122 Å². The first-order chi connectivity index (χ1) is 42.9. The van der Waals surface area contributed by atoms with Gasteiger partial charge in [-0.25, -0.2) is 9.13 Å². The number of phosphoric acid groups is 2. The summed E-state index contributed by atoms with van der Waals surface area (Å²) in [7, 11) is -9.90. The average molecular weight is 1310 g/mol. The van der Waals surface area contributed by atoms with Crippen molar-refractivity contribution in [3.8, 4) is 0 Å². The van der Waals surface area contributed by atoms with Gasteiger partial charge in [-0.2, -0.15) is 0 Å². The molecule has 3 N–H and O–H groups in total. The van der Waals surface area contributed by atoms with E-state index in [9.17, 15) is 43.2 Å². The molecular formula is C70H132O17P2. The van der Waals surface area contributed by atoms with Crippen LogP contribution < -0.4 is 0 Å². The molecule has 17 nitrogen and oxygen atoms in total. The molecule has 2 unspecified atom stereocenters. The Morgan fingerprint density at radius 2 is 0.607 bits per heavy atom. The van der Waals surface area contributed by atoms with Crippen molar-refractivity contribution in [1.82, 2.24) is 0 Å². The van der Waals surface area contributed by atoms with Crippen molar-refractivity contribution < 1.29 is 80.2 Å². The Morgan fingerprint density at radius 3 is 0.921 bits per heavy atom. The van der Waals surface area contributed by atoms with Crippen LogP contribution in [-0.4, -0.2) is 96.7 Å². The molecule has 0 spiro atoms. The molecule has 0 aromatic rings. The van der Waals surface area contributed by atoms with E-state index in [2.05, 4.69) is 65.8 Å². The smallest absolute Gasteiger partial charge is 0.462 e. The van der Waals surface area contributed by atoms with Gasteiger partial charge in [0.15, 0.2) is 12.2 Å². The van der Waals surface area contributed by atoms with Crippen molar-refractivity contribution in [2.45, 2.75) is 349 Å². The summed E-state index contributed by atoms with van der Waals surface area (Å²) in [4.78, 5) is 72.2. The van der Waals surface area contributed by atoms with Crippen molar-refractivity contribution >= 4 is 39.5 Å². The Balaban J connectivity index is 5.19. The third kappa shape index (κ3) is 64.1. The number of phosphoric ester groups is 2. The van der Waals surface area contributed by atoms with Crippen LogP contribution in [0, 0.1) is 11.8 Å². The fourth-order valence-corrected chi connectivity index (χ4v) is 11.6. The Morgan fingerprint density at radius 1 is 0.348 bits per heavy atom. The van der Waals surface area contributed by atoms with Gasteiger partial charge in [0.05, 0.1) is 26.4 Å². The van der Waals surface area contributed by atoms with E-state index in [0.29, 0.717) is 25.7 Å². The normalized spacial score (nSPS) is 14.3. The zero-order valence-electron chi connectivity index (χ0n) is 57.2. The van der Waals surface area contributed by atoms with E-state index >= 15 is 0 Å². The van der Waals surface area contributed by atoms with Gasteiger partial charge in [0, 0.05) is 25.7 Å². The Labute approximate surface area is 542 Å². The van der Waals surface area contributed by atoms with Gasteiger partial charge in [-0.15, -0.1) is 0 Å². The number of aliphatic hydroxyl groups excluding tert-OH is 1. The minimum Gasteiger partial charge on any atom is -0.462 e. The topological polar surface area (TPSA) is 237 Å². The summed E-state index contributed by atoms with van der Waals surface area (Å²) in [5, 5.41) is 10.5. The van der Waals surface area contributed by atoms with E-state index in [-0.39, 0.29) is 25.7 Å². The molecule has 0 radical (unpaired) electrons. The molecule has 0 saturated carbocycles. The maximum Gasteiger partial charge on any atom is 0.472 e. The highest BCUT2D eigenvalue weighted by Crippen LogP contribution is 2.45. The number of aliphatic hydroxyl groups is 1. The van der Waals surface area contributed by atoms with Crippen LogP contribution in [0.5, 0.6) is 0 Å². The standard InChI is InChI=1S/C70H132O17P2/c1-7-9-11-13-14-15-16-17-19-23-26-29-35-41-47-53-68(73)81-59-66(87-69(74)54-48-42-36-30-27-24-21-18-20-22-25-28-33-39-44-50-62(3)4)61-85-89(78,79)83-57-64(71)56-82-88(76,77)84-60-65(58-80-67(72)52-46-38-12-10-8-2)86-70(75)55-49-43-37-32-31-34-40-45-51-63(5)6/h15-17,19,62-66,71H,7-14,18,20-61H2,1-6H3,(H,76,77)(H,78,79)/b16-15-,19-17-/t64-,65+,66+/m0/s1. The Bertz CT molecular complexity index is 1830. The number of hydrogen-bond acceptors (Lipinski definition) is 15. The second kappa shape index (κ2) is 61.7. The third-order valence-electron chi connectivity index (χ3n) is 15.6. The van der Waals surface area contributed by atoms with Gasteiger partial charge in [0.25, 0.3) is 0 Å². The molecule has 89 heavy (non-hydrogen) atoms. The number of allylic oxidation sites excluding steroid dienone is 4. The van der Waals surface area contributed by atoms with Crippen molar-refractivity contribution in [2.24, 2.45) is 11.8 Å². The van der Waals surface area contributed by atoms with Gasteiger partial charge in [-0.1, -0.05) is 278 Å². The van der Waals surface area contributed by atoms with Gasteiger partial charge in [-0.3, -0.25) is 37.3 Å². The average Bonchev–Trinajstić information content (AvgIpc) is 3.71. The zero-order chi connectivity index (χ0) is 65.7. The molecule has 5 atom stereocenters. The van der Waals surface area contributed by atoms with Crippen LogP contribution in [0.25, 0.3) is 0 Å². The van der Waals surface area contributed by atoms with E-state index in [1.807, 2.05) is 0 Å². The summed E-state index contributed by atoms with van der Waals surface area (Å²) < 4.78 is 68.0. The third-order valence-corrected chi connectivity index (χ3v) is 17.5. The summed E-state index contributed by atoms with van der Waals surface area (Å²) >= 11 is 0. The van der Waals surface area contributed by atoms with E-state index in [1.54, 1.807) is 0 Å². The van der Waals surface area contributed by atoms with Crippen molar-refractivity contribution in [1.29, 1.82) is 0 Å². The van der Waals surface area contributed by atoms with E-state index in [0.717, 1.165) is 127 Å². The molecule has 0 rings (SSSR count). The van der Waals surface area contributed by atoms with E-state index < -0.39 is 97.5 Å². The van der Waals surface area contributed by atoms with Crippen LogP contribution in [0.1, 0.15) is 330 Å². The number of hydrogen-bond donors (Lipinski definition) is 3. The van der Waals surface area contributed by atoms with Crippen LogP contribution in [0.15, 0.2) is 24.3 Å². The molecule has 0 heterocycles. The summed E-state index contributed by atoms with van der Waals surface area (Å²) in [5.41, 5.74) is 0. The molecule has 0 fully saturated rings. The first-order valence-electron chi connectivity index (χ1n) is 35.8. The summed E-state index contributed by atoms with van der Waals surface area (Å²) in [6.07, 6.45) is 49.9. The molecule has 0 aromatic heterocycles. The summed E-state index contributed by atoms with van der Waals surface area (Å²) in [6, 6.07) is 0. The highest BCUT2D eigenvalue weighted by atomic mass is 31.2. The maximum atomic E-state index is 13.0. The Kier molecular flexibility index (Phi) is 60.0. The zero-order valence-corrected chi connectivity index (χ0v) is 59.0. The number of rotatable bonds is 67. The molecule has 0 aliphatic rings. The van der Waals surface area contributed by atoms with Gasteiger partial charge in [-0.05, 0) is 63.2 Å². The second-order valence-electron chi connectivity index (χ2n) is 25.5. The van der Waals surface area contributed by atoms with Gasteiger partial charge < -0.3 is 33.8 Å². The first-order valence-corrected chi connectivity index (χ1v) is 38.8. The lowest BCUT2D eigenvalue weighted by Crippen LogP contribution is -2.30. The van der Waals surface area contributed by atoms with Gasteiger partial charge in [0.1, 0.15) is 19.3 Å². The van der Waals surface area contributed by atoms with Crippen LogP contribution >= 0.6 is 15.6 Å². The number of carbonyl (C=O) groups excluding carboxylic acids is 4. The second-order valence-corrected chi connectivity index (χ2v) is 28.4. The molecular weight excluding hydrogens is 1170 g/mol. The molecule has 0 aliphatic carbocycles. The molecule has 0 amide bonds. The predicted octanol–water partition coefficient (Wildman–Crippen LogP) is 19.5. The minimum atomic E-state index is -4.96. The summed E-state index contributed by atoms with van der Waals surface area (Å²) in [6.45, 7) is 9.37. The molecule has 0 bridgehead atoms. The maximum absolute atomic E-state index is 13.0. The molecule has 0 aliphatic heterocycles. The van der Waals surface area contributed by atoms with E-state index in [4.69, 9.17) is 37.0 Å². The van der Waals surface area contributed by atoms with Crippen LogP contribution in [0.4, 0.5) is 0 Å².